The summed E-state index contributed by atoms with van der Waals surface area (Å²) < 4.78 is 15.1. The van der Waals surface area contributed by atoms with Gasteiger partial charge < -0.3 is 14.2 Å². The highest BCUT2D eigenvalue weighted by atomic mass is 79.9. The molecule has 0 aromatic heterocycles. The minimum absolute atomic E-state index is 0.106. The number of benzene rings is 1. The molecular weight excluding hydrogens is 302 g/mol. The third-order valence-corrected chi connectivity index (χ3v) is 2.77. The Bertz CT molecular complexity index is 470. The quantitative estimate of drug-likeness (QED) is 0.613. The lowest BCUT2D eigenvalue weighted by Gasteiger charge is -2.12. The second kappa shape index (κ2) is 6.87. The monoisotopic (exact) mass is 313 g/mol. The fourth-order valence-electron chi connectivity index (χ4n) is 1.22. The molecule has 0 aliphatic heterocycles. The predicted molar refractivity (Wildman–Crippen MR) is 67.9 cm³/mol. The molecule has 0 fully saturated rings. The number of esters is 1. The SMILES string of the molecule is COC(=O)C(Br)COc1ccc(C#N)cc1OC. The highest BCUT2D eigenvalue weighted by molar-refractivity contribution is 9.10. The maximum absolute atomic E-state index is 11.2. The van der Waals surface area contributed by atoms with Crippen molar-refractivity contribution in [2.45, 2.75) is 4.83 Å². The van der Waals surface area contributed by atoms with Gasteiger partial charge in [0, 0.05) is 6.07 Å². The molecule has 1 rings (SSSR count). The van der Waals surface area contributed by atoms with Crippen LogP contribution in [0.2, 0.25) is 0 Å². The molecule has 0 aliphatic carbocycles. The van der Waals surface area contributed by atoms with Crippen LogP contribution in [0.1, 0.15) is 5.56 Å². The first kappa shape index (κ1) is 14.3. The standard InChI is InChI=1S/C12H12BrNO4/c1-16-11-5-8(6-14)3-4-10(11)18-7-9(13)12(15)17-2/h3-5,9H,7H2,1-2H3. The minimum Gasteiger partial charge on any atom is -0.493 e. The van der Waals surface area contributed by atoms with Crippen LogP contribution in [0, 0.1) is 11.3 Å². The smallest absolute Gasteiger partial charge is 0.322 e. The van der Waals surface area contributed by atoms with Crippen molar-refractivity contribution >= 4 is 21.9 Å². The van der Waals surface area contributed by atoms with Crippen LogP contribution in [0.25, 0.3) is 0 Å². The molecule has 1 aromatic rings. The number of nitrogens with zero attached hydrogens (tertiary/aromatic N) is 1. The van der Waals surface area contributed by atoms with Crippen LogP contribution in [-0.2, 0) is 9.53 Å². The lowest BCUT2D eigenvalue weighted by atomic mass is 10.2. The van der Waals surface area contributed by atoms with Crippen molar-refractivity contribution in [2.24, 2.45) is 0 Å². The van der Waals surface area contributed by atoms with Gasteiger partial charge in [0.25, 0.3) is 0 Å². The molecule has 0 N–H and O–H groups in total. The molecule has 0 bridgehead atoms. The van der Waals surface area contributed by atoms with Gasteiger partial charge in [0.05, 0.1) is 25.9 Å². The van der Waals surface area contributed by atoms with E-state index in [9.17, 15) is 4.79 Å². The van der Waals surface area contributed by atoms with Gasteiger partial charge in [0.2, 0.25) is 0 Å². The molecule has 0 spiro atoms. The van der Waals surface area contributed by atoms with Crippen LogP contribution in [0.15, 0.2) is 18.2 Å². The third kappa shape index (κ3) is 3.64. The van der Waals surface area contributed by atoms with Crippen LogP contribution in [0.3, 0.4) is 0 Å². The van der Waals surface area contributed by atoms with Crippen molar-refractivity contribution in [3.63, 3.8) is 0 Å². The fourth-order valence-corrected chi connectivity index (χ4v) is 1.53. The Kier molecular flexibility index (Phi) is 5.46. The van der Waals surface area contributed by atoms with E-state index < -0.39 is 10.8 Å². The molecule has 0 aliphatic rings. The molecule has 96 valence electrons. The topological polar surface area (TPSA) is 68.5 Å². The first-order chi connectivity index (χ1) is 8.62. The number of ether oxygens (including phenoxy) is 3. The van der Waals surface area contributed by atoms with Crippen molar-refractivity contribution in [1.29, 1.82) is 5.26 Å². The number of hydrogen-bond acceptors (Lipinski definition) is 5. The maximum Gasteiger partial charge on any atom is 0.322 e. The molecule has 6 heteroatoms. The number of carbonyl (C=O) groups is 1. The van der Waals surface area contributed by atoms with Gasteiger partial charge in [-0.3, -0.25) is 4.79 Å². The highest BCUT2D eigenvalue weighted by Crippen LogP contribution is 2.28. The van der Waals surface area contributed by atoms with Gasteiger partial charge in [-0.2, -0.15) is 5.26 Å². The van der Waals surface area contributed by atoms with Crippen molar-refractivity contribution in [3.8, 4) is 17.6 Å². The fraction of sp³-hybridized carbons (Fsp3) is 0.333. The van der Waals surface area contributed by atoms with Gasteiger partial charge in [-0.15, -0.1) is 0 Å². The molecule has 1 atom stereocenters. The lowest BCUT2D eigenvalue weighted by molar-refractivity contribution is -0.140. The maximum atomic E-state index is 11.2. The van der Waals surface area contributed by atoms with Crippen LogP contribution in [0.5, 0.6) is 11.5 Å². The summed E-state index contributed by atoms with van der Waals surface area (Å²) in [5.41, 5.74) is 0.475. The van der Waals surface area contributed by atoms with E-state index in [4.69, 9.17) is 14.7 Å². The average molecular weight is 314 g/mol. The van der Waals surface area contributed by atoms with E-state index in [-0.39, 0.29) is 6.61 Å². The normalized spacial score (nSPS) is 11.2. The van der Waals surface area contributed by atoms with Gasteiger partial charge in [-0.1, -0.05) is 15.9 Å². The van der Waals surface area contributed by atoms with Gasteiger partial charge in [0.15, 0.2) is 11.5 Å². The van der Waals surface area contributed by atoms with Gasteiger partial charge in [-0.05, 0) is 12.1 Å². The Hall–Kier alpha value is -1.74. The number of carbonyl (C=O) groups excluding carboxylic acids is 1. The molecule has 18 heavy (non-hydrogen) atoms. The third-order valence-electron chi connectivity index (χ3n) is 2.13. The number of nitriles is 1. The average Bonchev–Trinajstić information content (AvgIpc) is 2.43. The first-order valence-corrected chi connectivity index (χ1v) is 5.96. The van der Waals surface area contributed by atoms with Crippen molar-refractivity contribution in [3.05, 3.63) is 23.8 Å². The van der Waals surface area contributed by atoms with Gasteiger partial charge in [-0.25, -0.2) is 0 Å². The summed E-state index contributed by atoms with van der Waals surface area (Å²) in [4.78, 5) is 10.6. The summed E-state index contributed by atoms with van der Waals surface area (Å²) >= 11 is 3.14. The second-order valence-electron chi connectivity index (χ2n) is 3.28. The Balaban J connectivity index is 2.73. The van der Waals surface area contributed by atoms with Crippen LogP contribution in [-0.4, -0.2) is 31.6 Å². The molecule has 1 unspecified atom stereocenters. The van der Waals surface area contributed by atoms with E-state index in [1.165, 1.54) is 14.2 Å². The Morgan fingerprint density at radius 2 is 2.17 bits per heavy atom. The number of rotatable bonds is 5. The molecular formula is C12H12BrNO4. The zero-order valence-electron chi connectivity index (χ0n) is 9.97. The molecule has 0 saturated heterocycles. The Labute approximate surface area is 113 Å². The van der Waals surface area contributed by atoms with Crippen LogP contribution in [0.4, 0.5) is 0 Å². The molecule has 0 radical (unpaired) electrons. The summed E-state index contributed by atoms with van der Waals surface area (Å²) in [5.74, 6) is 0.492. The summed E-state index contributed by atoms with van der Waals surface area (Å²) in [6, 6.07) is 6.80. The minimum atomic E-state index is -0.553. The first-order valence-electron chi connectivity index (χ1n) is 5.05. The van der Waals surface area contributed by atoms with E-state index >= 15 is 0 Å². The number of halogens is 1. The predicted octanol–water partition coefficient (Wildman–Crippen LogP) is 1.88. The van der Waals surface area contributed by atoms with Crippen LogP contribution >= 0.6 is 15.9 Å². The van der Waals surface area contributed by atoms with E-state index in [1.807, 2.05) is 6.07 Å². The lowest BCUT2D eigenvalue weighted by Crippen LogP contribution is -2.23. The van der Waals surface area contributed by atoms with Crippen molar-refractivity contribution in [2.75, 3.05) is 20.8 Å². The summed E-state index contributed by atoms with van der Waals surface area (Å²) in [7, 11) is 2.79. The van der Waals surface area contributed by atoms with Crippen molar-refractivity contribution in [1.82, 2.24) is 0 Å². The van der Waals surface area contributed by atoms with Crippen molar-refractivity contribution < 1.29 is 19.0 Å². The number of methoxy groups -OCH3 is 2. The Morgan fingerprint density at radius 1 is 1.44 bits per heavy atom. The summed E-state index contributed by atoms with van der Waals surface area (Å²) in [6.45, 7) is 0.106. The van der Waals surface area contributed by atoms with E-state index in [0.717, 1.165) is 0 Å². The zero-order chi connectivity index (χ0) is 13.5. The molecule has 0 amide bonds. The zero-order valence-corrected chi connectivity index (χ0v) is 11.6. The Morgan fingerprint density at radius 3 is 2.72 bits per heavy atom. The van der Waals surface area contributed by atoms with Crippen LogP contribution < -0.4 is 9.47 Å². The van der Waals surface area contributed by atoms with E-state index in [2.05, 4.69) is 20.7 Å². The molecule has 0 heterocycles. The summed E-state index contributed by atoms with van der Waals surface area (Å²) in [5, 5.41) is 8.76. The summed E-state index contributed by atoms with van der Waals surface area (Å²) in [6.07, 6.45) is 0. The largest absolute Gasteiger partial charge is 0.493 e. The van der Waals surface area contributed by atoms with Gasteiger partial charge in [0.1, 0.15) is 11.4 Å². The number of alkyl halides is 1. The highest BCUT2D eigenvalue weighted by Gasteiger charge is 2.17. The van der Waals surface area contributed by atoms with E-state index in [1.54, 1.807) is 18.2 Å². The second-order valence-corrected chi connectivity index (χ2v) is 4.38. The molecule has 1 aromatic carbocycles. The molecule has 5 nitrogen and oxygen atoms in total. The van der Waals surface area contributed by atoms with Gasteiger partial charge >= 0.3 is 5.97 Å². The van der Waals surface area contributed by atoms with E-state index in [0.29, 0.717) is 17.1 Å². The molecule has 0 saturated carbocycles. The number of hydrogen-bond donors (Lipinski definition) is 0.